The standard InChI is InChI=1S/C24H26BrFN2O2/c25-20-6-1-4-18(15-20)22-7-3-13-28(22)24(30)19-5-2-12-27(16-19)23(29)14-17-8-10-21(26)11-9-17/h1,4,6,8-11,15,19,22H,2-3,5,7,12-14,16H2. The van der Waals surface area contributed by atoms with E-state index in [1.165, 1.54) is 12.1 Å². The van der Waals surface area contributed by atoms with Gasteiger partial charge in [-0.2, -0.15) is 0 Å². The van der Waals surface area contributed by atoms with Crippen LogP contribution in [0.15, 0.2) is 53.0 Å². The van der Waals surface area contributed by atoms with Gasteiger partial charge in [0.15, 0.2) is 0 Å². The van der Waals surface area contributed by atoms with Gasteiger partial charge in [-0.25, -0.2) is 4.39 Å². The number of halogens is 2. The number of hydrogen-bond acceptors (Lipinski definition) is 2. The number of likely N-dealkylation sites (tertiary alicyclic amines) is 2. The van der Waals surface area contributed by atoms with E-state index >= 15 is 0 Å². The molecule has 0 radical (unpaired) electrons. The van der Waals surface area contributed by atoms with E-state index in [0.717, 1.165) is 47.8 Å². The molecular weight excluding hydrogens is 447 g/mol. The van der Waals surface area contributed by atoms with E-state index < -0.39 is 0 Å². The van der Waals surface area contributed by atoms with Crippen molar-refractivity contribution in [3.63, 3.8) is 0 Å². The van der Waals surface area contributed by atoms with Gasteiger partial charge in [-0.15, -0.1) is 0 Å². The van der Waals surface area contributed by atoms with Crippen LogP contribution in [0.25, 0.3) is 0 Å². The third-order valence-electron chi connectivity index (χ3n) is 6.16. The molecule has 2 atom stereocenters. The Morgan fingerprint density at radius 3 is 2.57 bits per heavy atom. The van der Waals surface area contributed by atoms with E-state index in [0.29, 0.717) is 13.1 Å². The van der Waals surface area contributed by atoms with Crippen molar-refractivity contribution < 1.29 is 14.0 Å². The van der Waals surface area contributed by atoms with Crippen molar-refractivity contribution in [1.82, 2.24) is 9.80 Å². The summed E-state index contributed by atoms with van der Waals surface area (Å²) in [6, 6.07) is 14.3. The van der Waals surface area contributed by atoms with Crippen molar-refractivity contribution in [2.75, 3.05) is 19.6 Å². The predicted molar refractivity (Wildman–Crippen MR) is 117 cm³/mol. The number of rotatable bonds is 4. The highest BCUT2D eigenvalue weighted by molar-refractivity contribution is 9.10. The summed E-state index contributed by atoms with van der Waals surface area (Å²) in [4.78, 5) is 30.0. The second-order valence-electron chi connectivity index (χ2n) is 8.23. The number of hydrogen-bond donors (Lipinski definition) is 0. The molecule has 2 heterocycles. The molecular formula is C24H26BrFN2O2. The summed E-state index contributed by atoms with van der Waals surface area (Å²) < 4.78 is 14.1. The fraction of sp³-hybridized carbons (Fsp3) is 0.417. The van der Waals surface area contributed by atoms with Crippen LogP contribution in [0.3, 0.4) is 0 Å². The van der Waals surface area contributed by atoms with Crippen LogP contribution in [0.2, 0.25) is 0 Å². The summed E-state index contributed by atoms with van der Waals surface area (Å²) in [6.07, 6.45) is 3.87. The lowest BCUT2D eigenvalue weighted by molar-refractivity contribution is -0.141. The molecule has 0 spiro atoms. The highest BCUT2D eigenvalue weighted by Gasteiger charge is 2.36. The maximum absolute atomic E-state index is 13.4. The van der Waals surface area contributed by atoms with Crippen LogP contribution in [-0.4, -0.2) is 41.2 Å². The van der Waals surface area contributed by atoms with Crippen LogP contribution < -0.4 is 0 Å². The second kappa shape index (κ2) is 9.29. The molecule has 2 saturated heterocycles. The molecule has 2 aliphatic heterocycles. The Bertz CT molecular complexity index is 918. The van der Waals surface area contributed by atoms with Crippen LogP contribution >= 0.6 is 15.9 Å². The van der Waals surface area contributed by atoms with E-state index in [-0.39, 0.29) is 36.0 Å². The van der Waals surface area contributed by atoms with Gasteiger partial charge in [0.1, 0.15) is 5.82 Å². The molecule has 158 valence electrons. The number of nitrogens with zero attached hydrogens (tertiary/aromatic N) is 2. The first-order valence-corrected chi connectivity index (χ1v) is 11.4. The minimum absolute atomic E-state index is 0.00377. The quantitative estimate of drug-likeness (QED) is 0.644. The molecule has 2 amide bonds. The first-order valence-electron chi connectivity index (χ1n) is 10.6. The Balaban J connectivity index is 1.41. The molecule has 0 aromatic heterocycles. The molecule has 2 aliphatic rings. The predicted octanol–water partition coefficient (Wildman–Crippen LogP) is 4.73. The number of carbonyl (C=O) groups excluding carboxylic acids is 2. The van der Waals surface area contributed by atoms with Crippen LogP contribution in [0, 0.1) is 11.7 Å². The summed E-state index contributed by atoms with van der Waals surface area (Å²) in [7, 11) is 0. The zero-order valence-corrected chi connectivity index (χ0v) is 18.5. The summed E-state index contributed by atoms with van der Waals surface area (Å²) in [5.41, 5.74) is 1.96. The minimum Gasteiger partial charge on any atom is -0.342 e. The topological polar surface area (TPSA) is 40.6 Å². The van der Waals surface area contributed by atoms with Crippen molar-refractivity contribution in [1.29, 1.82) is 0 Å². The summed E-state index contributed by atoms with van der Waals surface area (Å²) in [5, 5.41) is 0. The molecule has 0 aliphatic carbocycles. The molecule has 0 saturated carbocycles. The van der Waals surface area contributed by atoms with E-state index in [9.17, 15) is 14.0 Å². The molecule has 0 N–H and O–H groups in total. The molecule has 4 rings (SSSR count). The number of carbonyl (C=O) groups is 2. The zero-order valence-electron chi connectivity index (χ0n) is 16.9. The average molecular weight is 473 g/mol. The van der Waals surface area contributed by atoms with Crippen molar-refractivity contribution >= 4 is 27.7 Å². The Kier molecular flexibility index (Phi) is 6.52. The van der Waals surface area contributed by atoms with Crippen LogP contribution in [0.4, 0.5) is 4.39 Å². The largest absolute Gasteiger partial charge is 0.342 e. The van der Waals surface area contributed by atoms with Crippen molar-refractivity contribution in [3.05, 3.63) is 69.9 Å². The first-order chi connectivity index (χ1) is 14.5. The highest BCUT2D eigenvalue weighted by Crippen LogP contribution is 2.35. The van der Waals surface area contributed by atoms with Gasteiger partial charge in [-0.3, -0.25) is 9.59 Å². The van der Waals surface area contributed by atoms with Gasteiger partial charge in [0.2, 0.25) is 11.8 Å². The number of amides is 2. The lowest BCUT2D eigenvalue weighted by Crippen LogP contribution is -2.47. The monoisotopic (exact) mass is 472 g/mol. The lowest BCUT2D eigenvalue weighted by atomic mass is 9.95. The number of piperidine rings is 1. The summed E-state index contributed by atoms with van der Waals surface area (Å²) >= 11 is 3.53. The smallest absolute Gasteiger partial charge is 0.227 e. The van der Waals surface area contributed by atoms with Gasteiger partial charge >= 0.3 is 0 Å². The first kappa shape index (κ1) is 21.0. The Morgan fingerprint density at radius 2 is 1.80 bits per heavy atom. The molecule has 30 heavy (non-hydrogen) atoms. The maximum atomic E-state index is 13.4. The lowest BCUT2D eigenvalue weighted by Gasteiger charge is -2.36. The Labute approximate surface area is 185 Å². The molecule has 2 aromatic rings. The van der Waals surface area contributed by atoms with Gasteiger partial charge in [-0.1, -0.05) is 40.2 Å². The van der Waals surface area contributed by atoms with Crippen molar-refractivity contribution in [2.45, 2.75) is 38.1 Å². The van der Waals surface area contributed by atoms with Gasteiger partial charge in [0.25, 0.3) is 0 Å². The minimum atomic E-state index is -0.305. The highest BCUT2D eigenvalue weighted by atomic mass is 79.9. The van der Waals surface area contributed by atoms with E-state index in [1.54, 1.807) is 17.0 Å². The zero-order chi connectivity index (χ0) is 21.1. The van der Waals surface area contributed by atoms with E-state index in [2.05, 4.69) is 28.1 Å². The van der Waals surface area contributed by atoms with Crippen LogP contribution in [0.1, 0.15) is 42.9 Å². The summed E-state index contributed by atoms with van der Waals surface area (Å²) in [6.45, 7) is 1.93. The maximum Gasteiger partial charge on any atom is 0.227 e. The second-order valence-corrected chi connectivity index (χ2v) is 9.14. The van der Waals surface area contributed by atoms with Crippen molar-refractivity contribution in [3.8, 4) is 0 Å². The third kappa shape index (κ3) is 4.75. The van der Waals surface area contributed by atoms with Gasteiger partial charge in [0, 0.05) is 24.1 Å². The molecule has 4 nitrogen and oxygen atoms in total. The Morgan fingerprint density at radius 1 is 1.03 bits per heavy atom. The third-order valence-corrected chi connectivity index (χ3v) is 6.65. The van der Waals surface area contributed by atoms with Crippen LogP contribution in [-0.2, 0) is 16.0 Å². The van der Waals surface area contributed by atoms with E-state index in [4.69, 9.17) is 0 Å². The molecule has 2 aromatic carbocycles. The van der Waals surface area contributed by atoms with Gasteiger partial charge in [0.05, 0.1) is 18.4 Å². The molecule has 0 bridgehead atoms. The van der Waals surface area contributed by atoms with E-state index in [1.807, 2.05) is 17.0 Å². The molecule has 2 fully saturated rings. The van der Waals surface area contributed by atoms with Gasteiger partial charge < -0.3 is 9.80 Å². The summed E-state index contributed by atoms with van der Waals surface area (Å²) in [5.74, 6) is -0.287. The van der Waals surface area contributed by atoms with Crippen molar-refractivity contribution in [2.24, 2.45) is 5.92 Å². The SMILES string of the molecule is O=C(Cc1ccc(F)cc1)N1CCCC(C(=O)N2CCCC2c2cccc(Br)c2)C1. The Hall–Kier alpha value is -2.21. The fourth-order valence-electron chi connectivity index (χ4n) is 4.62. The normalized spacial score (nSPS) is 21.7. The average Bonchev–Trinajstić information content (AvgIpc) is 3.25. The van der Waals surface area contributed by atoms with Crippen LogP contribution in [0.5, 0.6) is 0 Å². The fourth-order valence-corrected chi connectivity index (χ4v) is 5.04. The molecule has 6 heteroatoms. The van der Waals surface area contributed by atoms with Gasteiger partial charge in [-0.05, 0) is 61.1 Å². The number of benzene rings is 2. The molecule has 2 unspecified atom stereocenters.